The molecule has 1 unspecified atom stereocenters. The Balaban J connectivity index is 2.04. The van der Waals surface area contributed by atoms with Gasteiger partial charge in [-0.25, -0.2) is 0 Å². The predicted molar refractivity (Wildman–Crippen MR) is 117 cm³/mol. The molecule has 9 heteroatoms. The van der Waals surface area contributed by atoms with Crippen molar-refractivity contribution < 1.29 is 23.8 Å². The number of carbonyl (C=O) groups excluding carboxylic acids is 2. The monoisotopic (exact) mass is 461 g/mol. The lowest BCUT2D eigenvalue weighted by Crippen LogP contribution is -2.28. The van der Waals surface area contributed by atoms with Crippen LogP contribution in [0.25, 0.3) is 0 Å². The van der Waals surface area contributed by atoms with E-state index in [0.717, 1.165) is 6.04 Å². The number of hydrogen-bond donors (Lipinski definition) is 0. The zero-order chi connectivity index (χ0) is 21.6. The lowest BCUT2D eigenvalue weighted by atomic mass is 9.97. The molecule has 6 nitrogen and oxygen atoms in total. The lowest BCUT2D eigenvalue weighted by molar-refractivity contribution is -0.141. The number of rotatable bonds is 10. The second kappa shape index (κ2) is 10.7. The van der Waals surface area contributed by atoms with Crippen molar-refractivity contribution in [3.63, 3.8) is 0 Å². The first-order chi connectivity index (χ1) is 13.6. The van der Waals surface area contributed by atoms with E-state index in [2.05, 4.69) is 24.4 Å². The first-order valence-corrected chi connectivity index (χ1v) is 14.1. The molecule has 0 aliphatic carbocycles. The summed E-state index contributed by atoms with van der Waals surface area (Å²) >= 11 is 12.7. The van der Waals surface area contributed by atoms with Crippen LogP contribution in [0.4, 0.5) is 0 Å². The van der Waals surface area contributed by atoms with Crippen LogP contribution in [0, 0.1) is 0 Å². The van der Waals surface area contributed by atoms with Crippen LogP contribution in [0.5, 0.6) is 5.75 Å². The summed E-state index contributed by atoms with van der Waals surface area (Å²) in [7, 11) is 0.167. The number of esters is 1. The fraction of sp³-hybridized carbons (Fsp3) is 0.600. The molecule has 0 N–H and O–H groups in total. The molecule has 1 saturated heterocycles. The normalized spacial score (nSPS) is 17.0. The maximum atomic E-state index is 12.4. The Morgan fingerprint density at radius 1 is 1.28 bits per heavy atom. The van der Waals surface area contributed by atoms with Crippen molar-refractivity contribution in [2.75, 3.05) is 33.6 Å². The van der Waals surface area contributed by atoms with Gasteiger partial charge >= 0.3 is 5.97 Å². The van der Waals surface area contributed by atoms with E-state index in [0.29, 0.717) is 41.1 Å². The van der Waals surface area contributed by atoms with Gasteiger partial charge < -0.3 is 19.1 Å². The average molecular weight is 462 g/mol. The summed E-state index contributed by atoms with van der Waals surface area (Å²) < 4.78 is 16.1. The summed E-state index contributed by atoms with van der Waals surface area (Å²) in [5, 5.41) is 0.799. The van der Waals surface area contributed by atoms with Gasteiger partial charge in [-0.15, -0.1) is 0 Å². The van der Waals surface area contributed by atoms with Crippen molar-refractivity contribution in [2.45, 2.75) is 44.4 Å². The van der Waals surface area contributed by atoms with E-state index in [1.807, 2.05) is 0 Å². The van der Waals surface area contributed by atoms with Crippen molar-refractivity contribution in [3.05, 3.63) is 27.7 Å². The molecule has 0 bridgehead atoms. The van der Waals surface area contributed by atoms with Gasteiger partial charge in [0.05, 0.1) is 23.6 Å². The van der Waals surface area contributed by atoms with Crippen molar-refractivity contribution in [3.8, 4) is 5.75 Å². The van der Waals surface area contributed by atoms with E-state index < -0.39 is 8.07 Å². The molecule has 162 valence electrons. The number of carbonyl (C=O) groups is 2. The number of benzene rings is 1. The Kier molecular flexibility index (Phi) is 8.82. The summed E-state index contributed by atoms with van der Waals surface area (Å²) in [6, 6.07) is 4.49. The SMILES string of the molecule is COC(=O)CCN1CC(c2c(OCOCC[Si](C)(C)C)ccc(Cl)c2Cl)CC1=O. The zero-order valence-corrected chi connectivity index (χ0v) is 19.9. The Hall–Kier alpha value is -1.28. The molecule has 1 aromatic rings. The highest BCUT2D eigenvalue weighted by Gasteiger charge is 2.34. The molecular formula is C20H29Cl2NO5Si. The molecule has 0 radical (unpaired) electrons. The maximum absolute atomic E-state index is 12.4. The van der Waals surface area contributed by atoms with Gasteiger partial charge in [0, 0.05) is 45.7 Å². The van der Waals surface area contributed by atoms with Crippen LogP contribution >= 0.6 is 23.2 Å². The van der Waals surface area contributed by atoms with Gasteiger partial charge in [0.25, 0.3) is 0 Å². The van der Waals surface area contributed by atoms with Gasteiger partial charge in [-0.05, 0) is 18.2 Å². The minimum Gasteiger partial charge on any atom is -0.469 e. The van der Waals surface area contributed by atoms with Crippen LogP contribution in [0.2, 0.25) is 35.7 Å². The van der Waals surface area contributed by atoms with E-state index >= 15 is 0 Å². The minimum absolute atomic E-state index is 0.0349. The quantitative estimate of drug-likeness (QED) is 0.221. The first-order valence-electron chi connectivity index (χ1n) is 9.65. The van der Waals surface area contributed by atoms with Gasteiger partial charge in [-0.2, -0.15) is 0 Å². The summed E-state index contributed by atoms with van der Waals surface area (Å²) in [6.07, 6.45) is 0.445. The summed E-state index contributed by atoms with van der Waals surface area (Å²) in [5.41, 5.74) is 0.710. The third kappa shape index (κ3) is 7.17. The van der Waals surface area contributed by atoms with E-state index in [-0.39, 0.29) is 37.4 Å². The molecule has 1 atom stereocenters. The number of amides is 1. The topological polar surface area (TPSA) is 65.1 Å². The molecule has 29 heavy (non-hydrogen) atoms. The molecule has 1 amide bonds. The van der Waals surface area contributed by atoms with E-state index in [1.165, 1.54) is 7.11 Å². The average Bonchev–Trinajstić information content (AvgIpc) is 3.01. The largest absolute Gasteiger partial charge is 0.469 e. The predicted octanol–water partition coefficient (Wildman–Crippen LogP) is 4.56. The number of hydrogen-bond acceptors (Lipinski definition) is 5. The Morgan fingerprint density at radius 3 is 2.66 bits per heavy atom. The van der Waals surface area contributed by atoms with Crippen LogP contribution in [0.1, 0.15) is 24.3 Å². The molecule has 1 heterocycles. The van der Waals surface area contributed by atoms with Crippen LogP contribution < -0.4 is 4.74 Å². The number of nitrogens with zero attached hydrogens (tertiary/aromatic N) is 1. The van der Waals surface area contributed by atoms with Gasteiger partial charge in [-0.1, -0.05) is 42.8 Å². The number of halogens is 2. The van der Waals surface area contributed by atoms with Crippen molar-refractivity contribution in [1.82, 2.24) is 4.90 Å². The molecule has 0 spiro atoms. The highest BCUT2D eigenvalue weighted by molar-refractivity contribution is 6.76. The van der Waals surface area contributed by atoms with Gasteiger partial charge in [0.15, 0.2) is 6.79 Å². The molecule has 0 saturated carbocycles. The lowest BCUT2D eigenvalue weighted by Gasteiger charge is -2.20. The van der Waals surface area contributed by atoms with Gasteiger partial charge in [-0.3, -0.25) is 9.59 Å². The van der Waals surface area contributed by atoms with Crippen molar-refractivity contribution in [2.24, 2.45) is 0 Å². The van der Waals surface area contributed by atoms with Crippen LogP contribution in [0.3, 0.4) is 0 Å². The fourth-order valence-electron chi connectivity index (χ4n) is 3.11. The number of likely N-dealkylation sites (tertiary alicyclic amines) is 1. The minimum atomic E-state index is -1.16. The molecule has 0 aromatic heterocycles. The van der Waals surface area contributed by atoms with Crippen molar-refractivity contribution in [1.29, 1.82) is 0 Å². The van der Waals surface area contributed by atoms with Crippen LogP contribution in [-0.2, 0) is 19.1 Å². The van der Waals surface area contributed by atoms with E-state index in [1.54, 1.807) is 17.0 Å². The molecule has 2 rings (SSSR count). The summed E-state index contributed by atoms with van der Waals surface area (Å²) in [6.45, 7) is 8.39. The van der Waals surface area contributed by atoms with E-state index in [4.69, 9.17) is 32.7 Å². The van der Waals surface area contributed by atoms with Gasteiger partial charge in [0.1, 0.15) is 5.75 Å². The van der Waals surface area contributed by atoms with Crippen LogP contribution in [0.15, 0.2) is 12.1 Å². The van der Waals surface area contributed by atoms with Crippen LogP contribution in [-0.4, -0.2) is 58.4 Å². The molecule has 1 aliphatic rings. The standard InChI is InChI=1S/C20H29Cl2NO5Si/c1-26-18(25)7-8-23-12-14(11-17(23)24)19-16(6-5-15(21)20(19)22)28-13-27-9-10-29(2,3)4/h5-6,14H,7-13H2,1-4H3. The number of methoxy groups -OCH3 is 1. The Morgan fingerprint density at radius 2 is 2.00 bits per heavy atom. The smallest absolute Gasteiger partial charge is 0.307 e. The molecule has 1 fully saturated rings. The van der Waals surface area contributed by atoms with Crippen molar-refractivity contribution >= 4 is 43.2 Å². The second-order valence-electron chi connectivity index (χ2n) is 8.32. The zero-order valence-electron chi connectivity index (χ0n) is 17.4. The molecule has 1 aromatic carbocycles. The third-order valence-electron chi connectivity index (χ3n) is 4.82. The molecular weight excluding hydrogens is 433 g/mol. The highest BCUT2D eigenvalue weighted by Crippen LogP contribution is 2.42. The first kappa shape index (κ1) is 24.0. The van der Waals surface area contributed by atoms with E-state index in [9.17, 15) is 9.59 Å². The summed E-state index contributed by atoms with van der Waals surface area (Å²) in [4.78, 5) is 25.4. The third-order valence-corrected chi connectivity index (χ3v) is 7.35. The summed E-state index contributed by atoms with van der Waals surface area (Å²) in [5.74, 6) is 0.0251. The second-order valence-corrected chi connectivity index (χ2v) is 14.7. The van der Waals surface area contributed by atoms with Gasteiger partial charge in [0.2, 0.25) is 5.91 Å². The molecule has 1 aliphatic heterocycles. The fourth-order valence-corrected chi connectivity index (χ4v) is 4.34. The Bertz CT molecular complexity index is 738. The highest BCUT2D eigenvalue weighted by atomic mass is 35.5. The Labute approximate surface area is 183 Å². The maximum Gasteiger partial charge on any atom is 0.307 e. The number of ether oxygens (including phenoxy) is 3.